The van der Waals surface area contributed by atoms with Gasteiger partial charge in [-0.1, -0.05) is 6.07 Å². The molecule has 21 heavy (non-hydrogen) atoms. The number of hydrogen-bond donors (Lipinski definition) is 1. The van der Waals surface area contributed by atoms with E-state index in [1.54, 1.807) is 13.1 Å². The highest BCUT2D eigenvalue weighted by molar-refractivity contribution is 6.04. The minimum atomic E-state index is -0.650. The number of nitrogens with zero attached hydrogens (tertiary/aromatic N) is 2. The zero-order valence-electron chi connectivity index (χ0n) is 11.8. The molecule has 0 aromatic carbocycles. The molecule has 0 aliphatic carbocycles. The summed E-state index contributed by atoms with van der Waals surface area (Å²) in [5.74, 6) is -1.74. The number of pyridine rings is 1. The molecule has 1 aromatic rings. The van der Waals surface area contributed by atoms with Crippen LogP contribution >= 0.6 is 12.4 Å². The highest BCUT2D eigenvalue weighted by Crippen LogP contribution is 2.20. The maximum atomic E-state index is 11.9. The lowest BCUT2D eigenvalue weighted by molar-refractivity contribution is -0.138. The van der Waals surface area contributed by atoms with Gasteiger partial charge in [-0.15, -0.1) is 12.4 Å². The Morgan fingerprint density at radius 1 is 1.48 bits per heavy atom. The second kappa shape index (κ2) is 7.08. The molecule has 6 nitrogen and oxygen atoms in total. The van der Waals surface area contributed by atoms with Crippen molar-refractivity contribution in [3.8, 4) is 0 Å². The van der Waals surface area contributed by atoms with Crippen LogP contribution in [0.15, 0.2) is 29.7 Å². The van der Waals surface area contributed by atoms with Crippen LogP contribution in [-0.2, 0) is 20.9 Å². The Kier molecular flexibility index (Phi) is 5.72. The Morgan fingerprint density at radius 2 is 2.19 bits per heavy atom. The average molecular weight is 313 g/mol. The van der Waals surface area contributed by atoms with Gasteiger partial charge in [-0.05, 0) is 25.5 Å². The number of esters is 1. The molecule has 1 N–H and O–H groups in total. The van der Waals surface area contributed by atoms with Crippen molar-refractivity contribution in [2.75, 3.05) is 13.2 Å². The first kappa shape index (κ1) is 17.0. The minimum absolute atomic E-state index is 0. The summed E-state index contributed by atoms with van der Waals surface area (Å²) in [6.45, 7) is 4.08. The van der Waals surface area contributed by atoms with Crippen LogP contribution in [0, 0.1) is 6.92 Å². The van der Waals surface area contributed by atoms with E-state index in [0.29, 0.717) is 6.54 Å². The summed E-state index contributed by atoms with van der Waals surface area (Å²) in [6.07, 6.45) is 1.67. The molecule has 0 atom stereocenters. The summed E-state index contributed by atoms with van der Waals surface area (Å²) < 4.78 is 4.81. The molecule has 2 heterocycles. The van der Waals surface area contributed by atoms with Crippen LogP contribution < -0.4 is 0 Å². The fourth-order valence-corrected chi connectivity index (χ4v) is 1.94. The van der Waals surface area contributed by atoms with E-state index in [2.05, 4.69) is 4.98 Å². The first-order valence-corrected chi connectivity index (χ1v) is 6.33. The molecule has 0 fully saturated rings. The quantitative estimate of drug-likeness (QED) is 0.853. The number of ether oxygens (including phenoxy) is 1. The lowest BCUT2D eigenvalue weighted by Crippen LogP contribution is -2.27. The molecule has 114 valence electrons. The summed E-state index contributed by atoms with van der Waals surface area (Å²) >= 11 is 0. The van der Waals surface area contributed by atoms with E-state index in [1.807, 2.05) is 19.1 Å². The van der Waals surface area contributed by atoms with Crippen molar-refractivity contribution in [3.05, 3.63) is 40.9 Å². The van der Waals surface area contributed by atoms with Crippen LogP contribution in [0.1, 0.15) is 18.2 Å². The van der Waals surface area contributed by atoms with E-state index in [4.69, 9.17) is 4.74 Å². The fourth-order valence-electron chi connectivity index (χ4n) is 1.94. The van der Waals surface area contributed by atoms with Crippen molar-refractivity contribution in [1.82, 2.24) is 9.88 Å². The molecule has 0 unspecified atom stereocenters. The molecule has 0 bridgehead atoms. The molecule has 1 amide bonds. The molecule has 2 rings (SSSR count). The normalized spacial score (nSPS) is 14.2. The minimum Gasteiger partial charge on any atom is -0.503 e. The van der Waals surface area contributed by atoms with Gasteiger partial charge in [0.1, 0.15) is 5.57 Å². The summed E-state index contributed by atoms with van der Waals surface area (Å²) in [5, 5.41) is 9.72. The van der Waals surface area contributed by atoms with E-state index in [1.165, 1.54) is 4.90 Å². The van der Waals surface area contributed by atoms with Gasteiger partial charge >= 0.3 is 5.97 Å². The summed E-state index contributed by atoms with van der Waals surface area (Å²) in [7, 11) is 0. The summed E-state index contributed by atoms with van der Waals surface area (Å²) in [6, 6.07) is 3.70. The standard InChI is InChI=1S/C14H16N2O4.ClH/c1-3-20-14(19)11-8-16(13(18)12(11)17)7-10-5-4-9(2)15-6-10;/h4-6,17H,3,7-8H2,1-2H3;1H. The van der Waals surface area contributed by atoms with Gasteiger partial charge in [-0.2, -0.15) is 0 Å². The lowest BCUT2D eigenvalue weighted by Gasteiger charge is -2.15. The molecule has 0 spiro atoms. The number of carbonyl (C=O) groups is 2. The second-order valence-corrected chi connectivity index (χ2v) is 4.52. The maximum Gasteiger partial charge on any atom is 0.339 e. The third kappa shape index (κ3) is 3.72. The molecule has 0 radical (unpaired) electrons. The number of amides is 1. The zero-order valence-corrected chi connectivity index (χ0v) is 12.6. The molecule has 0 saturated heterocycles. The van der Waals surface area contributed by atoms with E-state index in [9.17, 15) is 14.7 Å². The predicted molar refractivity (Wildman–Crippen MR) is 77.9 cm³/mol. The Balaban J connectivity index is 0.00000220. The zero-order chi connectivity index (χ0) is 14.7. The van der Waals surface area contributed by atoms with E-state index >= 15 is 0 Å². The van der Waals surface area contributed by atoms with Crippen molar-refractivity contribution in [2.24, 2.45) is 0 Å². The second-order valence-electron chi connectivity index (χ2n) is 4.52. The third-order valence-corrected chi connectivity index (χ3v) is 2.99. The largest absolute Gasteiger partial charge is 0.503 e. The number of carbonyl (C=O) groups excluding carboxylic acids is 2. The maximum absolute atomic E-state index is 11.9. The van der Waals surface area contributed by atoms with Gasteiger partial charge < -0.3 is 14.7 Å². The number of aryl methyl sites for hydroxylation is 1. The number of aliphatic hydroxyl groups is 1. The fraction of sp³-hybridized carbons (Fsp3) is 0.357. The molecule has 1 aliphatic heterocycles. The molecule has 7 heteroatoms. The smallest absolute Gasteiger partial charge is 0.339 e. The molecular weight excluding hydrogens is 296 g/mol. The highest BCUT2D eigenvalue weighted by atomic mass is 35.5. The molecule has 1 aliphatic rings. The monoisotopic (exact) mass is 312 g/mol. The van der Waals surface area contributed by atoms with Crippen LogP contribution in [0.5, 0.6) is 0 Å². The number of hydrogen-bond acceptors (Lipinski definition) is 5. The van der Waals surface area contributed by atoms with Crippen molar-refractivity contribution in [2.45, 2.75) is 20.4 Å². The van der Waals surface area contributed by atoms with Crippen LogP contribution in [0.25, 0.3) is 0 Å². The first-order valence-electron chi connectivity index (χ1n) is 6.33. The first-order chi connectivity index (χ1) is 9.52. The SMILES string of the molecule is CCOC(=O)C1=C(O)C(=O)N(Cc2ccc(C)nc2)C1.Cl. The Morgan fingerprint density at radius 3 is 2.76 bits per heavy atom. The van der Waals surface area contributed by atoms with Crippen molar-refractivity contribution >= 4 is 24.3 Å². The van der Waals surface area contributed by atoms with Crippen molar-refractivity contribution in [1.29, 1.82) is 0 Å². The van der Waals surface area contributed by atoms with Crippen LogP contribution in [0.2, 0.25) is 0 Å². The van der Waals surface area contributed by atoms with Crippen molar-refractivity contribution < 1.29 is 19.4 Å². The Bertz CT molecular complexity index is 569. The van der Waals surface area contributed by atoms with Gasteiger partial charge in [0.25, 0.3) is 5.91 Å². The Hall–Kier alpha value is -2.08. The van der Waals surface area contributed by atoms with Crippen LogP contribution in [0.4, 0.5) is 0 Å². The third-order valence-electron chi connectivity index (χ3n) is 2.99. The molecular formula is C14H17ClN2O4. The number of rotatable bonds is 4. The van der Waals surface area contributed by atoms with E-state index in [0.717, 1.165) is 11.3 Å². The molecule has 0 saturated carbocycles. The van der Waals surface area contributed by atoms with Crippen LogP contribution in [-0.4, -0.2) is 40.0 Å². The topological polar surface area (TPSA) is 79.7 Å². The number of aromatic nitrogens is 1. The van der Waals surface area contributed by atoms with Gasteiger partial charge in [0.2, 0.25) is 0 Å². The highest BCUT2D eigenvalue weighted by Gasteiger charge is 2.34. The van der Waals surface area contributed by atoms with Gasteiger partial charge in [0, 0.05) is 18.4 Å². The number of halogens is 1. The van der Waals surface area contributed by atoms with Crippen LogP contribution in [0.3, 0.4) is 0 Å². The van der Waals surface area contributed by atoms with Gasteiger partial charge in [-0.25, -0.2) is 4.79 Å². The molecule has 1 aromatic heterocycles. The van der Waals surface area contributed by atoms with Gasteiger partial charge in [-0.3, -0.25) is 9.78 Å². The van der Waals surface area contributed by atoms with E-state index in [-0.39, 0.29) is 31.1 Å². The average Bonchev–Trinajstić information content (AvgIpc) is 2.70. The van der Waals surface area contributed by atoms with Gasteiger partial charge in [0.05, 0.1) is 13.2 Å². The predicted octanol–water partition coefficient (Wildman–Crippen LogP) is 1.53. The summed E-state index contributed by atoms with van der Waals surface area (Å²) in [4.78, 5) is 29.0. The summed E-state index contributed by atoms with van der Waals surface area (Å²) in [5.41, 5.74) is 1.73. The van der Waals surface area contributed by atoms with E-state index < -0.39 is 17.6 Å². The van der Waals surface area contributed by atoms with Gasteiger partial charge in [0.15, 0.2) is 5.76 Å². The number of aliphatic hydroxyl groups excluding tert-OH is 1. The van der Waals surface area contributed by atoms with Crippen molar-refractivity contribution in [3.63, 3.8) is 0 Å². The lowest BCUT2D eigenvalue weighted by atomic mass is 10.2. The Labute approximate surface area is 128 Å².